The van der Waals surface area contributed by atoms with Gasteiger partial charge in [-0.3, -0.25) is 9.04 Å². The third-order valence-electron chi connectivity index (χ3n) is 3.15. The molecule has 0 amide bonds. The Kier molecular flexibility index (Phi) is 2.52. The Bertz CT molecular complexity index is 379. The highest BCUT2D eigenvalue weighted by atomic mass is 32.2. The molecule has 86 valence electrons. The van der Waals surface area contributed by atoms with E-state index in [2.05, 4.69) is 24.3 Å². The van der Waals surface area contributed by atoms with Gasteiger partial charge in [-0.25, -0.2) is 0 Å². The lowest BCUT2D eigenvalue weighted by Gasteiger charge is -2.12. The van der Waals surface area contributed by atoms with E-state index in [-0.39, 0.29) is 5.75 Å². The van der Waals surface area contributed by atoms with Gasteiger partial charge in [-0.15, -0.1) is 0 Å². The molecule has 0 bridgehead atoms. The van der Waals surface area contributed by atoms with Crippen LogP contribution in [0.25, 0.3) is 0 Å². The number of hydrogen-bond acceptors (Lipinski definition) is 3. The van der Waals surface area contributed by atoms with Crippen LogP contribution >= 0.6 is 0 Å². The number of fused-ring (bicyclic) bond motifs is 1. The van der Waals surface area contributed by atoms with Gasteiger partial charge in [0.25, 0.3) is 10.1 Å². The smallest absolute Gasteiger partial charge is 0.264 e. The van der Waals surface area contributed by atoms with E-state index in [1.54, 1.807) is 0 Å². The molecule has 0 aromatic carbocycles. The van der Waals surface area contributed by atoms with Gasteiger partial charge in [0, 0.05) is 6.54 Å². The maximum absolute atomic E-state index is 10.5. The summed E-state index contributed by atoms with van der Waals surface area (Å²) in [7, 11) is -1.60. The van der Waals surface area contributed by atoms with E-state index in [1.807, 2.05) is 0 Å². The summed E-state index contributed by atoms with van der Waals surface area (Å²) in [5.41, 5.74) is 0. The average Bonchev–Trinajstić information content (AvgIpc) is 2.67. The monoisotopic (exact) mass is 233 g/mol. The van der Waals surface area contributed by atoms with Crippen molar-refractivity contribution in [3.8, 4) is 0 Å². The van der Waals surface area contributed by atoms with Gasteiger partial charge in [-0.2, -0.15) is 8.42 Å². The first kappa shape index (κ1) is 10.9. The first-order valence-electron chi connectivity index (χ1n) is 5.16. The maximum atomic E-state index is 10.5. The van der Waals surface area contributed by atoms with Gasteiger partial charge in [-0.1, -0.05) is 0 Å². The van der Waals surface area contributed by atoms with Gasteiger partial charge in [0.2, 0.25) is 6.17 Å². The summed E-state index contributed by atoms with van der Waals surface area (Å²) in [6, 6.07) is 0. The zero-order chi connectivity index (χ0) is 11.1. The molecule has 0 radical (unpaired) electrons. The molecule has 2 atom stereocenters. The molecule has 0 spiro atoms. The molecular formula is C9H17N2O3S+. The van der Waals surface area contributed by atoms with E-state index >= 15 is 0 Å². The van der Waals surface area contributed by atoms with Crippen molar-refractivity contribution in [2.24, 2.45) is 0 Å². The summed E-state index contributed by atoms with van der Waals surface area (Å²) in [5, 5.41) is 0. The fourth-order valence-corrected chi connectivity index (χ4v) is 2.62. The van der Waals surface area contributed by atoms with E-state index in [9.17, 15) is 8.42 Å². The second-order valence-electron chi connectivity index (χ2n) is 4.54. The van der Waals surface area contributed by atoms with Gasteiger partial charge in [0.1, 0.15) is 6.20 Å². The Morgan fingerprint density at radius 2 is 2.27 bits per heavy atom. The maximum Gasteiger partial charge on any atom is 0.264 e. The van der Waals surface area contributed by atoms with Crippen molar-refractivity contribution in [1.82, 2.24) is 4.90 Å². The number of quaternary nitrogens is 1. The number of hydrogen-bond donors (Lipinski definition) is 1. The summed E-state index contributed by atoms with van der Waals surface area (Å²) in [6.07, 6.45) is 6.17. The van der Waals surface area contributed by atoms with E-state index in [0.29, 0.717) is 12.6 Å². The van der Waals surface area contributed by atoms with Crippen molar-refractivity contribution in [2.75, 3.05) is 25.9 Å². The number of nitrogens with zero attached hydrogens (tertiary/aromatic N) is 2. The van der Waals surface area contributed by atoms with Crippen LogP contribution < -0.4 is 0 Å². The van der Waals surface area contributed by atoms with Crippen LogP contribution in [0.3, 0.4) is 0 Å². The van der Waals surface area contributed by atoms with Gasteiger partial charge in [0.15, 0.2) is 6.54 Å². The second-order valence-corrected chi connectivity index (χ2v) is 6.11. The molecule has 6 heteroatoms. The zero-order valence-corrected chi connectivity index (χ0v) is 9.65. The minimum atomic E-state index is -3.78. The second kappa shape index (κ2) is 3.47. The third kappa shape index (κ3) is 2.50. The van der Waals surface area contributed by atoms with Gasteiger partial charge < -0.3 is 4.90 Å². The summed E-state index contributed by atoms with van der Waals surface area (Å²) >= 11 is 0. The molecule has 1 saturated heterocycles. The first-order valence-corrected chi connectivity index (χ1v) is 6.77. The molecule has 15 heavy (non-hydrogen) atoms. The van der Waals surface area contributed by atoms with Crippen LogP contribution in [-0.4, -0.2) is 54.4 Å². The molecule has 2 aliphatic rings. The van der Waals surface area contributed by atoms with Crippen molar-refractivity contribution >= 4 is 10.1 Å². The molecular weight excluding hydrogens is 216 g/mol. The van der Waals surface area contributed by atoms with Crippen molar-refractivity contribution in [3.05, 3.63) is 12.4 Å². The summed E-state index contributed by atoms with van der Waals surface area (Å²) in [6.45, 7) is 2.04. The van der Waals surface area contributed by atoms with Crippen molar-refractivity contribution in [2.45, 2.75) is 19.0 Å². The van der Waals surface area contributed by atoms with E-state index in [0.717, 1.165) is 24.0 Å². The largest absolute Gasteiger partial charge is 0.319 e. The fraction of sp³-hybridized carbons (Fsp3) is 0.778. The lowest BCUT2D eigenvalue weighted by Crippen LogP contribution is -2.24. The highest BCUT2D eigenvalue weighted by Gasteiger charge is 2.56. The van der Waals surface area contributed by atoms with Gasteiger partial charge >= 0.3 is 0 Å². The van der Waals surface area contributed by atoms with Crippen LogP contribution in [0, 0.1) is 0 Å². The third-order valence-corrected chi connectivity index (χ3v) is 3.96. The molecule has 2 rings (SSSR count). The molecule has 1 N–H and O–H groups in total. The minimum absolute atomic E-state index is 0.124. The Labute approximate surface area is 90.3 Å². The SMILES string of the molecule is C[N+]12C=CN(CCCCS(=O)(=O)O)C1C2. The Morgan fingerprint density at radius 1 is 1.53 bits per heavy atom. The van der Waals surface area contributed by atoms with Gasteiger partial charge in [0.05, 0.1) is 19.0 Å². The van der Waals surface area contributed by atoms with Crippen LogP contribution in [-0.2, 0) is 10.1 Å². The summed E-state index contributed by atoms with van der Waals surface area (Å²) in [4.78, 5) is 2.25. The minimum Gasteiger partial charge on any atom is -0.319 e. The van der Waals surface area contributed by atoms with E-state index < -0.39 is 10.1 Å². The molecule has 5 nitrogen and oxygen atoms in total. The van der Waals surface area contributed by atoms with Crippen LogP contribution in [0.5, 0.6) is 0 Å². The zero-order valence-electron chi connectivity index (χ0n) is 8.83. The number of rotatable bonds is 5. The molecule has 2 unspecified atom stereocenters. The molecule has 2 heterocycles. The molecule has 1 fully saturated rings. The average molecular weight is 233 g/mol. The van der Waals surface area contributed by atoms with E-state index in [1.165, 1.54) is 0 Å². The van der Waals surface area contributed by atoms with Crippen LogP contribution in [0.4, 0.5) is 0 Å². The lowest BCUT2D eigenvalue weighted by molar-refractivity contribution is -0.735. The quantitative estimate of drug-likeness (QED) is 0.319. The molecule has 0 aromatic rings. The molecule has 0 aliphatic carbocycles. The molecule has 0 saturated carbocycles. The molecule has 0 aromatic heterocycles. The Balaban J connectivity index is 1.66. The topological polar surface area (TPSA) is 57.6 Å². The van der Waals surface area contributed by atoms with Gasteiger partial charge in [-0.05, 0) is 12.8 Å². The first-order chi connectivity index (χ1) is 6.91. The highest BCUT2D eigenvalue weighted by molar-refractivity contribution is 7.85. The summed E-state index contributed by atoms with van der Waals surface area (Å²) < 4.78 is 30.5. The van der Waals surface area contributed by atoms with Crippen molar-refractivity contribution < 1.29 is 17.5 Å². The fourth-order valence-electron chi connectivity index (χ4n) is 2.05. The predicted octanol–water partition coefficient (Wildman–Crippen LogP) is 0.228. The molecule has 2 aliphatic heterocycles. The Morgan fingerprint density at radius 3 is 2.73 bits per heavy atom. The van der Waals surface area contributed by atoms with Crippen molar-refractivity contribution in [1.29, 1.82) is 0 Å². The Hall–Kier alpha value is -0.590. The predicted molar refractivity (Wildman–Crippen MR) is 56.3 cm³/mol. The van der Waals surface area contributed by atoms with Crippen LogP contribution in [0.1, 0.15) is 12.8 Å². The normalized spacial score (nSPS) is 33.2. The highest BCUT2D eigenvalue weighted by Crippen LogP contribution is 2.37. The van der Waals surface area contributed by atoms with Crippen LogP contribution in [0.2, 0.25) is 0 Å². The lowest BCUT2D eigenvalue weighted by atomic mass is 10.3. The number of unbranched alkanes of at least 4 members (excludes halogenated alkanes) is 1. The van der Waals surface area contributed by atoms with Crippen LogP contribution in [0.15, 0.2) is 12.4 Å². The van der Waals surface area contributed by atoms with Crippen molar-refractivity contribution in [3.63, 3.8) is 0 Å². The van der Waals surface area contributed by atoms with E-state index in [4.69, 9.17) is 4.55 Å². The summed E-state index contributed by atoms with van der Waals surface area (Å²) in [5.74, 6) is -0.124. The standard InChI is InChI=1S/C9H16N2O3S/c1-11-6-5-10(9(11)8-11)4-2-3-7-15(12,13)14/h5-6,9H,2-4,7-8H2,1H3/p+1. The number of likely N-dealkylation sites (N-methyl/N-ethyl adjacent to an activating group) is 1.